The Balaban J connectivity index is 1.87. The van der Waals surface area contributed by atoms with Gasteiger partial charge in [0.1, 0.15) is 18.5 Å². The first-order valence-corrected chi connectivity index (χ1v) is 5.71. The van der Waals surface area contributed by atoms with Gasteiger partial charge in [0.25, 0.3) is 0 Å². The third kappa shape index (κ3) is 3.45. The van der Waals surface area contributed by atoms with Crippen LogP contribution in [-0.4, -0.2) is 44.4 Å². The van der Waals surface area contributed by atoms with Gasteiger partial charge in [-0.3, -0.25) is 0 Å². The molecule has 1 unspecified atom stereocenters. The average Bonchev–Trinajstić information content (AvgIpc) is 2.37. The molecular formula is C13H16N2O2. The Morgan fingerprint density at radius 2 is 2.47 bits per heavy atom. The number of nitrogens with zero attached hydrogens (tertiary/aromatic N) is 2. The van der Waals surface area contributed by atoms with Gasteiger partial charge in [0.05, 0.1) is 18.2 Å². The van der Waals surface area contributed by atoms with Crippen LogP contribution in [-0.2, 0) is 4.74 Å². The lowest BCUT2D eigenvalue weighted by atomic mass is 10.2. The van der Waals surface area contributed by atoms with Crippen LogP contribution in [0, 0.1) is 11.3 Å². The van der Waals surface area contributed by atoms with E-state index in [1.165, 1.54) is 0 Å². The van der Waals surface area contributed by atoms with E-state index in [2.05, 4.69) is 18.0 Å². The molecule has 1 aromatic rings. The largest absolute Gasteiger partial charge is 0.491 e. The van der Waals surface area contributed by atoms with Crippen molar-refractivity contribution >= 4 is 0 Å². The molecule has 1 aromatic carbocycles. The lowest BCUT2D eigenvalue weighted by molar-refractivity contribution is -0.0403. The van der Waals surface area contributed by atoms with Crippen LogP contribution in [0.1, 0.15) is 5.56 Å². The Morgan fingerprint density at radius 1 is 1.59 bits per heavy atom. The highest BCUT2D eigenvalue weighted by molar-refractivity contribution is 5.36. The molecule has 0 aliphatic carbocycles. The predicted octanol–water partition coefficient (Wildman–Crippen LogP) is 1.27. The molecule has 1 aliphatic rings. The molecule has 0 bridgehead atoms. The zero-order valence-corrected chi connectivity index (χ0v) is 9.93. The van der Waals surface area contributed by atoms with Crippen molar-refractivity contribution in [2.75, 3.05) is 33.4 Å². The molecule has 1 fully saturated rings. The highest BCUT2D eigenvalue weighted by Crippen LogP contribution is 2.14. The zero-order chi connectivity index (χ0) is 12.1. The van der Waals surface area contributed by atoms with Crippen LogP contribution < -0.4 is 4.74 Å². The minimum absolute atomic E-state index is 0.111. The van der Waals surface area contributed by atoms with Crippen molar-refractivity contribution in [3.63, 3.8) is 0 Å². The number of rotatable bonds is 3. The summed E-state index contributed by atoms with van der Waals surface area (Å²) < 4.78 is 11.2. The first-order chi connectivity index (χ1) is 8.28. The third-order valence-electron chi connectivity index (χ3n) is 2.74. The maximum Gasteiger partial charge on any atom is 0.120 e. The second kappa shape index (κ2) is 5.67. The summed E-state index contributed by atoms with van der Waals surface area (Å²) in [4.78, 5) is 2.23. The van der Waals surface area contributed by atoms with Crippen LogP contribution in [0.3, 0.4) is 0 Å². The van der Waals surface area contributed by atoms with E-state index in [-0.39, 0.29) is 6.10 Å². The Hall–Kier alpha value is -1.57. The monoisotopic (exact) mass is 232 g/mol. The molecule has 0 aromatic heterocycles. The highest BCUT2D eigenvalue weighted by Gasteiger charge is 2.18. The molecule has 1 saturated heterocycles. The number of ether oxygens (including phenoxy) is 2. The van der Waals surface area contributed by atoms with Crippen LogP contribution in [0.4, 0.5) is 0 Å². The van der Waals surface area contributed by atoms with Crippen molar-refractivity contribution in [1.82, 2.24) is 4.90 Å². The smallest absolute Gasteiger partial charge is 0.120 e. The Kier molecular flexibility index (Phi) is 3.97. The average molecular weight is 232 g/mol. The minimum Gasteiger partial charge on any atom is -0.491 e. The normalized spacial score (nSPS) is 20.8. The summed E-state index contributed by atoms with van der Waals surface area (Å²) in [7, 11) is 2.08. The SMILES string of the molecule is CN1CCOC(COc2cccc(C#N)c2)C1. The van der Waals surface area contributed by atoms with Gasteiger partial charge in [-0.15, -0.1) is 0 Å². The second-order valence-electron chi connectivity index (χ2n) is 4.21. The maximum absolute atomic E-state index is 8.78. The molecule has 4 heteroatoms. The van der Waals surface area contributed by atoms with E-state index in [1.807, 2.05) is 12.1 Å². The molecule has 0 N–H and O–H groups in total. The van der Waals surface area contributed by atoms with Crippen molar-refractivity contribution < 1.29 is 9.47 Å². The molecule has 1 aliphatic heterocycles. The van der Waals surface area contributed by atoms with Crippen molar-refractivity contribution in [3.05, 3.63) is 29.8 Å². The van der Waals surface area contributed by atoms with Gasteiger partial charge < -0.3 is 14.4 Å². The minimum atomic E-state index is 0.111. The Labute approximate surface area is 101 Å². The highest BCUT2D eigenvalue weighted by atomic mass is 16.5. The van der Waals surface area contributed by atoms with Crippen molar-refractivity contribution in [1.29, 1.82) is 5.26 Å². The number of hydrogen-bond acceptors (Lipinski definition) is 4. The molecule has 0 radical (unpaired) electrons. The number of hydrogen-bond donors (Lipinski definition) is 0. The van der Waals surface area contributed by atoms with Crippen LogP contribution in [0.15, 0.2) is 24.3 Å². The summed E-state index contributed by atoms with van der Waals surface area (Å²) in [5.74, 6) is 0.723. The summed E-state index contributed by atoms with van der Waals surface area (Å²) in [5, 5.41) is 8.78. The molecule has 1 heterocycles. The summed E-state index contributed by atoms with van der Waals surface area (Å²) in [6.45, 7) is 3.14. The van der Waals surface area contributed by atoms with E-state index < -0.39 is 0 Å². The van der Waals surface area contributed by atoms with Gasteiger partial charge in [0.15, 0.2) is 0 Å². The van der Waals surface area contributed by atoms with Gasteiger partial charge in [-0.1, -0.05) is 6.07 Å². The Morgan fingerprint density at radius 3 is 3.24 bits per heavy atom. The van der Waals surface area contributed by atoms with Crippen molar-refractivity contribution in [2.45, 2.75) is 6.10 Å². The van der Waals surface area contributed by atoms with Gasteiger partial charge in [-0.05, 0) is 25.2 Å². The van der Waals surface area contributed by atoms with Gasteiger partial charge in [-0.2, -0.15) is 5.26 Å². The second-order valence-corrected chi connectivity index (χ2v) is 4.21. The molecule has 2 rings (SSSR count). The van der Waals surface area contributed by atoms with Crippen molar-refractivity contribution in [2.24, 2.45) is 0 Å². The molecule has 4 nitrogen and oxygen atoms in total. The number of likely N-dealkylation sites (N-methyl/N-ethyl adjacent to an activating group) is 1. The van der Waals surface area contributed by atoms with Crippen LogP contribution in [0.2, 0.25) is 0 Å². The summed E-state index contributed by atoms with van der Waals surface area (Å²) in [6, 6.07) is 9.27. The summed E-state index contributed by atoms with van der Waals surface area (Å²) in [5.41, 5.74) is 0.615. The number of nitriles is 1. The fraction of sp³-hybridized carbons (Fsp3) is 0.462. The fourth-order valence-corrected chi connectivity index (χ4v) is 1.81. The van der Waals surface area contributed by atoms with E-state index in [9.17, 15) is 0 Å². The van der Waals surface area contributed by atoms with Crippen LogP contribution in [0.5, 0.6) is 5.75 Å². The zero-order valence-electron chi connectivity index (χ0n) is 9.93. The van der Waals surface area contributed by atoms with Crippen LogP contribution >= 0.6 is 0 Å². The topological polar surface area (TPSA) is 45.5 Å². The fourth-order valence-electron chi connectivity index (χ4n) is 1.81. The first kappa shape index (κ1) is 11.9. The predicted molar refractivity (Wildman–Crippen MR) is 63.9 cm³/mol. The quantitative estimate of drug-likeness (QED) is 0.787. The summed E-state index contributed by atoms with van der Waals surface area (Å²) in [6.07, 6.45) is 0.111. The van der Waals surface area contributed by atoms with E-state index in [1.54, 1.807) is 12.1 Å². The molecule has 0 amide bonds. The van der Waals surface area contributed by atoms with Gasteiger partial charge in [0, 0.05) is 13.1 Å². The van der Waals surface area contributed by atoms with Gasteiger partial charge >= 0.3 is 0 Å². The van der Waals surface area contributed by atoms with E-state index >= 15 is 0 Å². The molecule has 1 atom stereocenters. The van der Waals surface area contributed by atoms with E-state index in [0.717, 1.165) is 25.4 Å². The summed E-state index contributed by atoms with van der Waals surface area (Å²) >= 11 is 0. The van der Waals surface area contributed by atoms with Gasteiger partial charge in [-0.25, -0.2) is 0 Å². The number of benzene rings is 1. The lowest BCUT2D eigenvalue weighted by Gasteiger charge is -2.29. The number of morpholine rings is 1. The Bertz CT molecular complexity index is 414. The van der Waals surface area contributed by atoms with E-state index in [0.29, 0.717) is 12.2 Å². The molecular weight excluding hydrogens is 216 g/mol. The lowest BCUT2D eigenvalue weighted by Crippen LogP contribution is -2.42. The van der Waals surface area contributed by atoms with Crippen molar-refractivity contribution in [3.8, 4) is 11.8 Å². The van der Waals surface area contributed by atoms with Crippen LogP contribution in [0.25, 0.3) is 0 Å². The van der Waals surface area contributed by atoms with Gasteiger partial charge in [0.2, 0.25) is 0 Å². The molecule has 90 valence electrons. The first-order valence-electron chi connectivity index (χ1n) is 5.71. The molecule has 0 saturated carbocycles. The standard InChI is InChI=1S/C13H16N2O2/c1-15-5-6-16-13(9-15)10-17-12-4-2-3-11(7-12)8-14/h2-4,7,13H,5-6,9-10H2,1H3. The van der Waals surface area contributed by atoms with E-state index in [4.69, 9.17) is 14.7 Å². The molecule has 0 spiro atoms. The third-order valence-corrected chi connectivity index (χ3v) is 2.74. The molecule has 17 heavy (non-hydrogen) atoms. The maximum atomic E-state index is 8.78.